The number of benzene rings is 1. The molecule has 90 valence electrons. The molecule has 0 spiro atoms. The van der Waals surface area contributed by atoms with E-state index < -0.39 is 23.1 Å². The molecular weight excluding hydrogens is 248 g/mol. The first-order chi connectivity index (χ1) is 8.09. The van der Waals surface area contributed by atoms with Gasteiger partial charge in [-0.05, 0) is 17.7 Å². The number of hydrogen-bond acceptors (Lipinski definition) is 3. The fraction of sp³-hybridized carbons (Fsp3) is 0.273. The van der Waals surface area contributed by atoms with Crippen molar-refractivity contribution in [2.75, 3.05) is 12.3 Å². The molecule has 2 rings (SSSR count). The van der Waals surface area contributed by atoms with E-state index in [9.17, 15) is 18.4 Å². The minimum absolute atomic E-state index is 0.0566. The van der Waals surface area contributed by atoms with Gasteiger partial charge in [-0.2, -0.15) is 0 Å². The molecule has 0 aliphatic carbocycles. The quantitative estimate of drug-likeness (QED) is 0.817. The molecular formula is C11H9F2NO2S. The highest BCUT2D eigenvalue weighted by Crippen LogP contribution is 2.25. The van der Waals surface area contributed by atoms with Crippen molar-refractivity contribution < 1.29 is 18.4 Å². The molecule has 2 amide bonds. The minimum atomic E-state index is -1.92. The maximum atomic E-state index is 13.8. The highest BCUT2D eigenvalue weighted by atomic mass is 32.2. The first-order valence-electron chi connectivity index (χ1n) is 4.97. The number of nitrogens with zero attached hydrogens (tertiary/aromatic N) is 1. The van der Waals surface area contributed by atoms with Crippen LogP contribution in [0.5, 0.6) is 0 Å². The first-order valence-corrected chi connectivity index (χ1v) is 5.96. The zero-order valence-electron chi connectivity index (χ0n) is 8.73. The van der Waals surface area contributed by atoms with Crippen molar-refractivity contribution in [3.05, 3.63) is 35.6 Å². The van der Waals surface area contributed by atoms with Gasteiger partial charge in [0.2, 0.25) is 6.17 Å². The fourth-order valence-corrected chi connectivity index (χ4v) is 2.29. The summed E-state index contributed by atoms with van der Waals surface area (Å²) in [6, 6.07) is 4.56. The average molecular weight is 257 g/mol. The van der Waals surface area contributed by atoms with Crippen molar-refractivity contribution in [2.24, 2.45) is 0 Å². The van der Waals surface area contributed by atoms with E-state index in [0.29, 0.717) is 5.75 Å². The number of hydrogen-bond donors (Lipinski definition) is 0. The van der Waals surface area contributed by atoms with Crippen LogP contribution in [0.15, 0.2) is 24.3 Å². The van der Waals surface area contributed by atoms with Crippen LogP contribution in [0.25, 0.3) is 0 Å². The van der Waals surface area contributed by atoms with Gasteiger partial charge in [0.15, 0.2) is 0 Å². The summed E-state index contributed by atoms with van der Waals surface area (Å²) >= 11 is 0.988. The predicted octanol–water partition coefficient (Wildman–Crippen LogP) is 2.53. The van der Waals surface area contributed by atoms with E-state index in [0.717, 1.165) is 28.8 Å². The largest absolute Gasteiger partial charge is 0.288 e. The Kier molecular flexibility index (Phi) is 3.42. The maximum absolute atomic E-state index is 13.8. The Labute approximate surface area is 101 Å². The normalized spacial score (nSPS) is 17.3. The summed E-state index contributed by atoms with van der Waals surface area (Å²) in [4.78, 5) is 23.8. The number of rotatable bonds is 2. The van der Waals surface area contributed by atoms with Crippen LogP contribution in [0, 0.1) is 5.82 Å². The second-order valence-corrected chi connectivity index (χ2v) is 4.56. The molecule has 1 aliphatic rings. The molecule has 1 fully saturated rings. The summed E-state index contributed by atoms with van der Waals surface area (Å²) < 4.78 is 26.4. The topological polar surface area (TPSA) is 37.4 Å². The summed E-state index contributed by atoms with van der Waals surface area (Å²) in [5.41, 5.74) is 0.0566. The highest BCUT2D eigenvalue weighted by molar-refractivity contribution is 8.13. The number of amides is 2. The van der Waals surface area contributed by atoms with E-state index in [4.69, 9.17) is 0 Å². The molecule has 0 bridgehead atoms. The Balaban J connectivity index is 2.14. The molecule has 1 heterocycles. The molecule has 0 aromatic heterocycles. The van der Waals surface area contributed by atoms with Gasteiger partial charge in [0.05, 0.1) is 0 Å². The van der Waals surface area contributed by atoms with E-state index in [1.165, 1.54) is 12.1 Å². The van der Waals surface area contributed by atoms with Crippen LogP contribution >= 0.6 is 11.8 Å². The van der Waals surface area contributed by atoms with Crippen molar-refractivity contribution in [3.8, 4) is 0 Å². The van der Waals surface area contributed by atoms with Crippen molar-refractivity contribution in [1.82, 2.24) is 4.90 Å². The Hall–Kier alpha value is -1.43. The van der Waals surface area contributed by atoms with E-state index in [-0.39, 0.29) is 12.1 Å². The molecule has 17 heavy (non-hydrogen) atoms. The van der Waals surface area contributed by atoms with Crippen molar-refractivity contribution in [1.29, 1.82) is 0 Å². The number of thioether (sulfide) groups is 1. The van der Waals surface area contributed by atoms with Gasteiger partial charge in [-0.3, -0.25) is 14.5 Å². The third kappa shape index (κ3) is 2.46. The monoisotopic (exact) mass is 257 g/mol. The highest BCUT2D eigenvalue weighted by Gasteiger charge is 2.33. The Morgan fingerprint density at radius 2 is 2.00 bits per heavy atom. The molecule has 1 saturated heterocycles. The summed E-state index contributed by atoms with van der Waals surface area (Å²) in [6.07, 6.45) is -1.92. The molecule has 1 aliphatic heterocycles. The molecule has 6 heteroatoms. The van der Waals surface area contributed by atoms with Crippen molar-refractivity contribution >= 4 is 22.9 Å². The lowest BCUT2D eigenvalue weighted by molar-refractivity contribution is -0.132. The summed E-state index contributed by atoms with van der Waals surface area (Å²) in [6.45, 7) is 0.226. The molecule has 1 aromatic rings. The second kappa shape index (κ2) is 4.83. The zero-order chi connectivity index (χ0) is 12.4. The van der Waals surface area contributed by atoms with Crippen LogP contribution in [-0.2, 0) is 4.79 Å². The van der Waals surface area contributed by atoms with Crippen LogP contribution in [0.3, 0.4) is 0 Å². The van der Waals surface area contributed by atoms with Gasteiger partial charge in [0, 0.05) is 12.3 Å². The molecule has 0 unspecified atom stereocenters. The SMILES string of the molecule is O=C1SCCN1C(=O)[C@H](F)c1ccc(F)cc1. The predicted molar refractivity (Wildman–Crippen MR) is 59.8 cm³/mol. The lowest BCUT2D eigenvalue weighted by atomic mass is 10.1. The molecule has 3 nitrogen and oxygen atoms in total. The third-order valence-corrected chi connectivity index (χ3v) is 3.26. The van der Waals surface area contributed by atoms with Gasteiger partial charge in [0.1, 0.15) is 5.82 Å². The first kappa shape index (κ1) is 12.0. The van der Waals surface area contributed by atoms with Gasteiger partial charge >= 0.3 is 0 Å². The zero-order valence-corrected chi connectivity index (χ0v) is 9.55. The van der Waals surface area contributed by atoms with E-state index >= 15 is 0 Å². The third-order valence-electron chi connectivity index (χ3n) is 2.41. The van der Waals surface area contributed by atoms with Crippen molar-refractivity contribution in [2.45, 2.75) is 6.17 Å². The second-order valence-electron chi connectivity index (χ2n) is 3.52. The Morgan fingerprint density at radius 1 is 1.35 bits per heavy atom. The van der Waals surface area contributed by atoms with Gasteiger partial charge in [0.25, 0.3) is 11.1 Å². The van der Waals surface area contributed by atoms with Crippen LogP contribution < -0.4 is 0 Å². The number of halogens is 2. The fourth-order valence-electron chi connectivity index (χ4n) is 1.50. The lowest BCUT2D eigenvalue weighted by Gasteiger charge is -2.15. The number of imide groups is 1. The number of carbonyl (C=O) groups excluding carboxylic acids is 2. The van der Waals surface area contributed by atoms with Crippen LogP contribution in [0.2, 0.25) is 0 Å². The van der Waals surface area contributed by atoms with Gasteiger partial charge in [-0.25, -0.2) is 8.78 Å². The van der Waals surface area contributed by atoms with Gasteiger partial charge in [-0.1, -0.05) is 23.9 Å². The van der Waals surface area contributed by atoms with Crippen LogP contribution in [-0.4, -0.2) is 28.3 Å². The Bertz CT molecular complexity index is 449. The van der Waals surface area contributed by atoms with E-state index in [1.807, 2.05) is 0 Å². The lowest BCUT2D eigenvalue weighted by Crippen LogP contribution is -2.33. The summed E-state index contributed by atoms with van der Waals surface area (Å²) in [7, 11) is 0. The molecule has 0 N–H and O–H groups in total. The van der Waals surface area contributed by atoms with Crippen LogP contribution in [0.4, 0.5) is 13.6 Å². The molecule has 1 atom stereocenters. The molecule has 1 aromatic carbocycles. The Morgan fingerprint density at radius 3 is 2.53 bits per heavy atom. The van der Waals surface area contributed by atoms with Crippen LogP contribution in [0.1, 0.15) is 11.7 Å². The van der Waals surface area contributed by atoms with Gasteiger partial charge in [-0.15, -0.1) is 0 Å². The summed E-state index contributed by atoms with van der Waals surface area (Å²) in [5.74, 6) is -0.895. The average Bonchev–Trinajstić information content (AvgIpc) is 2.74. The van der Waals surface area contributed by atoms with Gasteiger partial charge < -0.3 is 0 Å². The summed E-state index contributed by atoms with van der Waals surface area (Å²) in [5, 5.41) is -0.431. The van der Waals surface area contributed by atoms with E-state index in [1.54, 1.807) is 0 Å². The number of alkyl halides is 1. The molecule has 0 radical (unpaired) electrons. The standard InChI is InChI=1S/C11H9F2NO2S/c12-8-3-1-7(2-4-8)9(13)10(15)14-5-6-17-11(14)16/h1-4,9H,5-6H2/t9-/m1/s1. The molecule has 0 saturated carbocycles. The van der Waals surface area contributed by atoms with Crippen molar-refractivity contribution in [3.63, 3.8) is 0 Å². The smallest absolute Gasteiger partial charge is 0.271 e. The minimum Gasteiger partial charge on any atom is -0.271 e. The maximum Gasteiger partial charge on any atom is 0.288 e. The van der Waals surface area contributed by atoms with E-state index in [2.05, 4.69) is 0 Å². The number of carbonyl (C=O) groups is 2.